The molecular weight excluding hydrogens is 272 g/mol. The third-order valence-corrected chi connectivity index (χ3v) is 4.73. The van der Waals surface area contributed by atoms with Gasteiger partial charge in [-0.25, -0.2) is 4.79 Å². The number of hydrogen-bond acceptors (Lipinski definition) is 3. The van der Waals surface area contributed by atoms with E-state index < -0.39 is 5.97 Å². The maximum absolute atomic E-state index is 12.0. The first-order valence-electron chi connectivity index (χ1n) is 7.83. The summed E-state index contributed by atoms with van der Waals surface area (Å²) >= 11 is 0. The highest BCUT2D eigenvalue weighted by Gasteiger charge is 2.30. The summed E-state index contributed by atoms with van der Waals surface area (Å²) in [6.07, 6.45) is 4.88. The van der Waals surface area contributed by atoms with Gasteiger partial charge in [0, 0.05) is 25.8 Å². The van der Waals surface area contributed by atoms with Crippen LogP contribution in [0.25, 0.3) is 0 Å². The molecule has 0 radical (unpaired) electrons. The molecule has 6 nitrogen and oxygen atoms in total. The average molecular weight is 298 g/mol. The predicted octanol–water partition coefficient (Wildman–Crippen LogP) is 1.75. The number of amides is 2. The van der Waals surface area contributed by atoms with E-state index in [4.69, 9.17) is 9.84 Å². The number of carboxylic acid groups (broad SMARTS) is 1. The number of carbonyl (C=O) groups excluding carboxylic acids is 1. The molecule has 1 aliphatic carbocycles. The van der Waals surface area contributed by atoms with Crippen LogP contribution >= 0.6 is 0 Å². The second-order valence-electron chi connectivity index (χ2n) is 6.65. The fourth-order valence-electron chi connectivity index (χ4n) is 3.12. The molecule has 6 heteroatoms. The first kappa shape index (κ1) is 16.1. The molecule has 1 heterocycles. The Morgan fingerprint density at radius 2 is 2.00 bits per heavy atom. The van der Waals surface area contributed by atoms with Crippen molar-refractivity contribution in [2.75, 3.05) is 19.8 Å². The van der Waals surface area contributed by atoms with E-state index >= 15 is 0 Å². The average Bonchev–Trinajstić information content (AvgIpc) is 2.46. The number of aliphatic carboxylic acids is 1. The molecule has 0 spiro atoms. The highest BCUT2D eigenvalue weighted by atomic mass is 16.5. The van der Waals surface area contributed by atoms with Crippen molar-refractivity contribution < 1.29 is 19.4 Å². The molecule has 0 aromatic heterocycles. The van der Waals surface area contributed by atoms with Crippen molar-refractivity contribution in [1.29, 1.82) is 0 Å². The lowest BCUT2D eigenvalue weighted by molar-refractivity contribution is -0.143. The molecule has 1 saturated carbocycles. The number of hydrogen-bond donors (Lipinski definition) is 3. The maximum atomic E-state index is 12.0. The molecule has 0 bridgehead atoms. The van der Waals surface area contributed by atoms with Crippen LogP contribution in [-0.4, -0.2) is 42.9 Å². The monoisotopic (exact) mass is 298 g/mol. The van der Waals surface area contributed by atoms with Gasteiger partial charge in [-0.05, 0) is 37.5 Å². The van der Waals surface area contributed by atoms with Crippen LogP contribution in [0.1, 0.15) is 45.4 Å². The van der Waals surface area contributed by atoms with Gasteiger partial charge in [-0.1, -0.05) is 13.3 Å². The van der Waals surface area contributed by atoms with Crippen LogP contribution in [0, 0.1) is 11.3 Å². The fraction of sp³-hybridized carbons (Fsp3) is 0.867. The lowest BCUT2D eigenvalue weighted by atomic mass is 9.82. The van der Waals surface area contributed by atoms with E-state index in [1.54, 1.807) is 0 Å². The zero-order valence-corrected chi connectivity index (χ0v) is 12.7. The van der Waals surface area contributed by atoms with Crippen LogP contribution < -0.4 is 10.6 Å². The Labute approximate surface area is 125 Å². The second-order valence-corrected chi connectivity index (χ2v) is 6.65. The summed E-state index contributed by atoms with van der Waals surface area (Å²) < 4.78 is 5.34. The lowest BCUT2D eigenvalue weighted by Gasteiger charge is -2.34. The molecule has 3 N–H and O–H groups in total. The minimum atomic E-state index is -0.753. The van der Waals surface area contributed by atoms with Gasteiger partial charge in [-0.15, -0.1) is 0 Å². The smallest absolute Gasteiger partial charge is 0.315 e. The molecule has 2 amide bonds. The van der Waals surface area contributed by atoms with E-state index in [9.17, 15) is 9.59 Å². The van der Waals surface area contributed by atoms with Crippen molar-refractivity contribution in [2.24, 2.45) is 11.3 Å². The highest BCUT2D eigenvalue weighted by Crippen LogP contribution is 2.28. The first-order chi connectivity index (χ1) is 9.98. The zero-order chi connectivity index (χ0) is 15.3. The Balaban J connectivity index is 1.72. The van der Waals surface area contributed by atoms with Crippen molar-refractivity contribution in [1.82, 2.24) is 10.6 Å². The Morgan fingerprint density at radius 3 is 2.67 bits per heavy atom. The van der Waals surface area contributed by atoms with Crippen molar-refractivity contribution in [2.45, 2.75) is 51.5 Å². The minimum absolute atomic E-state index is 0.0256. The van der Waals surface area contributed by atoms with Gasteiger partial charge >= 0.3 is 12.0 Å². The van der Waals surface area contributed by atoms with Crippen molar-refractivity contribution in [3.8, 4) is 0 Å². The predicted molar refractivity (Wildman–Crippen MR) is 78.1 cm³/mol. The fourth-order valence-corrected chi connectivity index (χ4v) is 3.12. The Bertz CT molecular complexity index is 380. The SMILES string of the molecule is CC1(CNC(=O)NC2CCCC(C(=O)O)C2)CCOCC1. The molecule has 120 valence electrons. The summed E-state index contributed by atoms with van der Waals surface area (Å²) in [6.45, 7) is 4.31. The molecule has 2 aliphatic rings. The number of carboxylic acids is 1. The summed E-state index contributed by atoms with van der Waals surface area (Å²) in [6, 6.07) is -0.207. The van der Waals surface area contributed by atoms with Crippen LogP contribution in [0.4, 0.5) is 4.79 Å². The van der Waals surface area contributed by atoms with Crippen LogP contribution in [-0.2, 0) is 9.53 Å². The van der Waals surface area contributed by atoms with E-state index in [0.717, 1.165) is 38.9 Å². The maximum Gasteiger partial charge on any atom is 0.315 e. The van der Waals surface area contributed by atoms with Gasteiger partial charge < -0.3 is 20.5 Å². The van der Waals surface area contributed by atoms with Gasteiger partial charge in [0.05, 0.1) is 5.92 Å². The largest absolute Gasteiger partial charge is 0.481 e. The molecular formula is C15H26N2O4. The van der Waals surface area contributed by atoms with Gasteiger partial charge in [0.2, 0.25) is 0 Å². The molecule has 2 fully saturated rings. The van der Waals surface area contributed by atoms with Gasteiger partial charge in [0.25, 0.3) is 0 Å². The number of carbonyl (C=O) groups is 2. The minimum Gasteiger partial charge on any atom is -0.481 e. The lowest BCUT2D eigenvalue weighted by Crippen LogP contribution is -2.48. The van der Waals surface area contributed by atoms with E-state index in [0.29, 0.717) is 19.4 Å². The molecule has 1 aliphatic heterocycles. The number of rotatable bonds is 4. The molecule has 1 saturated heterocycles. The van der Waals surface area contributed by atoms with Crippen molar-refractivity contribution >= 4 is 12.0 Å². The Morgan fingerprint density at radius 1 is 1.29 bits per heavy atom. The van der Waals surface area contributed by atoms with Gasteiger partial charge in [0.1, 0.15) is 0 Å². The molecule has 0 aromatic rings. The van der Waals surface area contributed by atoms with Gasteiger partial charge in [-0.2, -0.15) is 0 Å². The number of ether oxygens (including phenoxy) is 1. The molecule has 0 aromatic carbocycles. The summed E-state index contributed by atoms with van der Waals surface area (Å²) in [7, 11) is 0. The van der Waals surface area contributed by atoms with Crippen molar-refractivity contribution in [3.63, 3.8) is 0 Å². The zero-order valence-electron chi connectivity index (χ0n) is 12.7. The Hall–Kier alpha value is -1.30. The summed E-state index contributed by atoms with van der Waals surface area (Å²) in [4.78, 5) is 23.0. The number of urea groups is 1. The molecule has 2 unspecified atom stereocenters. The van der Waals surface area contributed by atoms with Gasteiger partial charge in [-0.3, -0.25) is 4.79 Å². The normalized spacial score (nSPS) is 28.6. The van der Waals surface area contributed by atoms with Crippen molar-refractivity contribution in [3.05, 3.63) is 0 Å². The topological polar surface area (TPSA) is 87.7 Å². The van der Waals surface area contributed by atoms with E-state index in [2.05, 4.69) is 17.6 Å². The molecule has 2 rings (SSSR count). The third-order valence-electron chi connectivity index (χ3n) is 4.73. The first-order valence-corrected chi connectivity index (χ1v) is 7.83. The van der Waals surface area contributed by atoms with Crippen LogP contribution in [0.15, 0.2) is 0 Å². The van der Waals surface area contributed by atoms with E-state index in [1.165, 1.54) is 0 Å². The van der Waals surface area contributed by atoms with Crippen LogP contribution in [0.3, 0.4) is 0 Å². The van der Waals surface area contributed by atoms with Crippen LogP contribution in [0.5, 0.6) is 0 Å². The summed E-state index contributed by atoms with van der Waals surface area (Å²) in [5.41, 5.74) is 0.103. The van der Waals surface area contributed by atoms with E-state index in [-0.39, 0.29) is 23.4 Å². The number of nitrogens with one attached hydrogen (secondary N) is 2. The molecule has 21 heavy (non-hydrogen) atoms. The second kappa shape index (κ2) is 7.11. The summed E-state index contributed by atoms with van der Waals surface area (Å²) in [5, 5.41) is 14.9. The standard InChI is InChI=1S/C15H26N2O4/c1-15(5-7-21-8-6-15)10-16-14(20)17-12-4-2-3-11(9-12)13(18)19/h11-12H,2-10H2,1H3,(H,18,19)(H2,16,17,20). The van der Waals surface area contributed by atoms with E-state index in [1.807, 2.05) is 0 Å². The van der Waals surface area contributed by atoms with Crippen LogP contribution in [0.2, 0.25) is 0 Å². The molecule has 2 atom stereocenters. The Kier molecular flexibility index (Phi) is 5.45. The summed E-state index contributed by atoms with van der Waals surface area (Å²) in [5.74, 6) is -1.08. The van der Waals surface area contributed by atoms with Gasteiger partial charge in [0.15, 0.2) is 0 Å². The third kappa shape index (κ3) is 4.88. The quantitative estimate of drug-likeness (QED) is 0.738. The highest BCUT2D eigenvalue weighted by molar-refractivity contribution is 5.74.